The number of anilines is 3. The molecule has 0 saturated carbocycles. The van der Waals surface area contributed by atoms with E-state index in [1.54, 1.807) is 59.5 Å². The quantitative estimate of drug-likeness (QED) is 0.319. The number of hydrogen-bond donors (Lipinski definition) is 4. The van der Waals surface area contributed by atoms with Crippen LogP contribution in [0.4, 0.5) is 26.7 Å². The highest BCUT2D eigenvalue weighted by molar-refractivity contribution is 6.04. The number of carboxylic acid groups (broad SMARTS) is 1. The number of amides is 4. The minimum Gasteiger partial charge on any atom is -0.481 e. The van der Waals surface area contributed by atoms with Gasteiger partial charge in [-0.2, -0.15) is 0 Å². The Morgan fingerprint density at radius 1 is 0.902 bits per heavy atom. The molecule has 0 aliphatic carbocycles. The van der Waals surface area contributed by atoms with E-state index in [4.69, 9.17) is 4.74 Å². The van der Waals surface area contributed by atoms with Gasteiger partial charge >= 0.3 is 18.1 Å². The van der Waals surface area contributed by atoms with E-state index in [1.807, 2.05) is 30.0 Å². The second kappa shape index (κ2) is 13.3. The number of para-hydroxylation sites is 1. The second-order valence-corrected chi connectivity index (χ2v) is 9.66. The Morgan fingerprint density at radius 3 is 2.22 bits per heavy atom. The standard InChI is InChI=1S/C30H33N5O6/c1-20-8-10-21(11-9-20)24(19-27(36)37)32-28(38)22-12-13-26(34-14-16-35(17-15-34)30(40)41-2)25(18-22)33-29(39)31-23-6-4-3-5-7-23/h3-13,18,24H,14-17,19H2,1-2H3,(H,32,38)(H,36,37)(H2,31,33,39). The highest BCUT2D eigenvalue weighted by atomic mass is 16.5. The predicted molar refractivity (Wildman–Crippen MR) is 155 cm³/mol. The summed E-state index contributed by atoms with van der Waals surface area (Å²) in [6, 6.07) is 19.9. The predicted octanol–water partition coefficient (Wildman–Crippen LogP) is 4.47. The second-order valence-electron chi connectivity index (χ2n) is 9.66. The van der Waals surface area contributed by atoms with E-state index in [0.717, 1.165) is 5.56 Å². The Morgan fingerprint density at radius 2 is 1.59 bits per heavy atom. The van der Waals surface area contributed by atoms with Gasteiger partial charge in [0.1, 0.15) is 0 Å². The zero-order valence-electron chi connectivity index (χ0n) is 22.9. The van der Waals surface area contributed by atoms with E-state index in [-0.39, 0.29) is 12.0 Å². The maximum atomic E-state index is 13.3. The first-order chi connectivity index (χ1) is 19.7. The monoisotopic (exact) mass is 559 g/mol. The Kier molecular flexibility index (Phi) is 9.41. The van der Waals surface area contributed by atoms with Crippen LogP contribution in [0.25, 0.3) is 0 Å². The molecule has 1 atom stereocenters. The third kappa shape index (κ3) is 7.75. The highest BCUT2D eigenvalue weighted by Crippen LogP contribution is 2.29. The van der Waals surface area contributed by atoms with Crippen molar-refractivity contribution in [2.75, 3.05) is 48.8 Å². The molecular weight excluding hydrogens is 526 g/mol. The molecule has 0 radical (unpaired) electrons. The van der Waals surface area contributed by atoms with Crippen LogP contribution in [-0.4, -0.2) is 67.3 Å². The molecule has 0 aromatic heterocycles. The fraction of sp³-hybridized carbons (Fsp3) is 0.267. The number of urea groups is 1. The first-order valence-electron chi connectivity index (χ1n) is 13.2. The summed E-state index contributed by atoms with van der Waals surface area (Å²) in [5.74, 6) is -1.53. The number of piperazine rings is 1. The van der Waals surface area contributed by atoms with E-state index in [1.165, 1.54) is 7.11 Å². The number of rotatable bonds is 8. The summed E-state index contributed by atoms with van der Waals surface area (Å²) >= 11 is 0. The molecular formula is C30H33N5O6. The highest BCUT2D eigenvalue weighted by Gasteiger charge is 2.25. The first-order valence-corrected chi connectivity index (χ1v) is 13.2. The van der Waals surface area contributed by atoms with Crippen molar-refractivity contribution in [3.8, 4) is 0 Å². The zero-order valence-corrected chi connectivity index (χ0v) is 22.9. The van der Waals surface area contributed by atoms with Gasteiger partial charge in [0.2, 0.25) is 0 Å². The third-order valence-electron chi connectivity index (χ3n) is 6.76. The Bertz CT molecular complexity index is 1390. The molecule has 11 nitrogen and oxygen atoms in total. The molecule has 1 saturated heterocycles. The van der Waals surface area contributed by atoms with Gasteiger partial charge in [0.15, 0.2) is 0 Å². The SMILES string of the molecule is COC(=O)N1CCN(c2ccc(C(=O)NC(CC(=O)O)c3ccc(C)cc3)cc2NC(=O)Nc2ccccc2)CC1. The van der Waals surface area contributed by atoms with Gasteiger partial charge < -0.3 is 35.6 Å². The number of hydrogen-bond acceptors (Lipinski definition) is 6. The molecule has 4 amide bonds. The summed E-state index contributed by atoms with van der Waals surface area (Å²) in [5.41, 5.74) is 3.60. The van der Waals surface area contributed by atoms with Gasteiger partial charge in [-0.25, -0.2) is 9.59 Å². The molecule has 11 heteroatoms. The van der Waals surface area contributed by atoms with Crippen LogP contribution >= 0.6 is 0 Å². The fourth-order valence-corrected chi connectivity index (χ4v) is 4.59. The first kappa shape index (κ1) is 28.9. The molecule has 1 heterocycles. The van der Waals surface area contributed by atoms with E-state index < -0.39 is 30.0 Å². The van der Waals surface area contributed by atoms with E-state index in [9.17, 15) is 24.3 Å². The van der Waals surface area contributed by atoms with Crippen LogP contribution in [0.2, 0.25) is 0 Å². The lowest BCUT2D eigenvalue weighted by Gasteiger charge is -2.36. The van der Waals surface area contributed by atoms with Gasteiger partial charge in [0, 0.05) is 37.4 Å². The molecule has 0 spiro atoms. The van der Waals surface area contributed by atoms with Crippen molar-refractivity contribution in [2.24, 2.45) is 0 Å². The van der Waals surface area contributed by atoms with Gasteiger partial charge in [0.25, 0.3) is 5.91 Å². The average Bonchev–Trinajstić information content (AvgIpc) is 2.97. The van der Waals surface area contributed by atoms with Crippen LogP contribution in [0.3, 0.4) is 0 Å². The molecule has 41 heavy (non-hydrogen) atoms. The summed E-state index contributed by atoms with van der Waals surface area (Å²) in [7, 11) is 1.34. The van der Waals surface area contributed by atoms with Crippen LogP contribution in [-0.2, 0) is 9.53 Å². The third-order valence-corrected chi connectivity index (χ3v) is 6.76. The lowest BCUT2D eigenvalue weighted by Crippen LogP contribution is -2.49. The van der Waals surface area contributed by atoms with Crippen molar-refractivity contribution in [1.29, 1.82) is 0 Å². The van der Waals surface area contributed by atoms with Crippen molar-refractivity contribution < 1.29 is 29.0 Å². The Balaban J connectivity index is 1.58. The van der Waals surface area contributed by atoms with Crippen molar-refractivity contribution in [3.05, 3.63) is 89.5 Å². The lowest BCUT2D eigenvalue weighted by molar-refractivity contribution is -0.137. The molecule has 214 valence electrons. The van der Waals surface area contributed by atoms with Gasteiger partial charge in [-0.05, 0) is 42.8 Å². The largest absolute Gasteiger partial charge is 0.481 e. The molecule has 3 aromatic carbocycles. The zero-order chi connectivity index (χ0) is 29.4. The molecule has 3 aromatic rings. The van der Waals surface area contributed by atoms with Crippen molar-refractivity contribution >= 4 is 41.1 Å². The molecule has 1 aliphatic rings. The van der Waals surface area contributed by atoms with Crippen molar-refractivity contribution in [2.45, 2.75) is 19.4 Å². The Labute approximate surface area is 238 Å². The van der Waals surface area contributed by atoms with Crippen molar-refractivity contribution in [1.82, 2.24) is 10.2 Å². The van der Waals surface area contributed by atoms with Crippen LogP contribution in [0.5, 0.6) is 0 Å². The van der Waals surface area contributed by atoms with Crippen LogP contribution in [0.15, 0.2) is 72.8 Å². The topological polar surface area (TPSA) is 140 Å². The summed E-state index contributed by atoms with van der Waals surface area (Å²) < 4.78 is 4.82. The molecule has 4 rings (SSSR count). The number of nitrogens with one attached hydrogen (secondary N) is 3. The molecule has 4 N–H and O–H groups in total. The van der Waals surface area contributed by atoms with E-state index in [2.05, 4.69) is 16.0 Å². The normalized spacial score (nSPS) is 13.6. The number of benzene rings is 3. The average molecular weight is 560 g/mol. The summed E-state index contributed by atoms with van der Waals surface area (Å²) in [6.07, 6.45) is -0.691. The molecule has 1 fully saturated rings. The summed E-state index contributed by atoms with van der Waals surface area (Å²) in [6.45, 7) is 3.76. The lowest BCUT2D eigenvalue weighted by atomic mass is 10.0. The van der Waals surface area contributed by atoms with E-state index in [0.29, 0.717) is 48.8 Å². The van der Waals surface area contributed by atoms with Gasteiger partial charge in [-0.15, -0.1) is 0 Å². The van der Waals surface area contributed by atoms with Crippen LogP contribution in [0.1, 0.15) is 33.9 Å². The van der Waals surface area contributed by atoms with Crippen LogP contribution in [0, 0.1) is 6.92 Å². The maximum absolute atomic E-state index is 13.3. The number of carbonyl (C=O) groups is 4. The van der Waals surface area contributed by atoms with Crippen molar-refractivity contribution in [3.63, 3.8) is 0 Å². The van der Waals surface area contributed by atoms with E-state index >= 15 is 0 Å². The number of ether oxygens (including phenoxy) is 1. The van der Waals surface area contributed by atoms with Gasteiger partial charge in [-0.3, -0.25) is 9.59 Å². The maximum Gasteiger partial charge on any atom is 0.409 e. The van der Waals surface area contributed by atoms with Crippen LogP contribution < -0.4 is 20.9 Å². The molecule has 0 bridgehead atoms. The minimum absolute atomic E-state index is 0.249. The van der Waals surface area contributed by atoms with Gasteiger partial charge in [-0.1, -0.05) is 48.0 Å². The van der Waals surface area contributed by atoms with Gasteiger partial charge in [0.05, 0.1) is 30.9 Å². The number of carboxylic acids is 1. The fourth-order valence-electron chi connectivity index (χ4n) is 4.59. The number of nitrogens with zero attached hydrogens (tertiary/aromatic N) is 2. The Hall–Kier alpha value is -5.06. The molecule has 1 aliphatic heterocycles. The minimum atomic E-state index is -1.04. The summed E-state index contributed by atoms with van der Waals surface area (Å²) in [4.78, 5) is 53.3. The number of methoxy groups -OCH3 is 1. The number of aryl methyl sites for hydroxylation is 1. The smallest absolute Gasteiger partial charge is 0.409 e. The number of carbonyl (C=O) groups excluding carboxylic acids is 3. The number of aliphatic carboxylic acids is 1. The summed E-state index contributed by atoms with van der Waals surface area (Å²) in [5, 5.41) is 17.9. The molecule has 1 unspecified atom stereocenters.